The Kier molecular flexibility index (Phi) is 5.15. The standard InChI is InChI=1S/C17H22N2O4S/c1-5-13-6-8-14(9-7-13)10(2)19-17(20)15-11(3)23-12(4)16(15)24(18,21)22/h6-10H,5H2,1-4H3,(H,19,20)(H2,18,21,22). The van der Waals surface area contributed by atoms with Crippen molar-refractivity contribution in [1.29, 1.82) is 0 Å². The zero-order chi connectivity index (χ0) is 18.1. The first-order valence-electron chi connectivity index (χ1n) is 7.67. The van der Waals surface area contributed by atoms with Crippen molar-refractivity contribution in [3.8, 4) is 0 Å². The number of sulfonamides is 1. The molecule has 0 fully saturated rings. The van der Waals surface area contributed by atoms with Crippen LogP contribution in [0.25, 0.3) is 0 Å². The highest BCUT2D eigenvalue weighted by molar-refractivity contribution is 7.89. The number of carbonyl (C=O) groups excluding carboxylic acids is 1. The summed E-state index contributed by atoms with van der Waals surface area (Å²) in [6.45, 7) is 6.91. The molecular weight excluding hydrogens is 328 g/mol. The van der Waals surface area contributed by atoms with E-state index in [1.165, 1.54) is 19.4 Å². The number of primary sulfonamides is 1. The van der Waals surface area contributed by atoms with E-state index in [2.05, 4.69) is 12.2 Å². The van der Waals surface area contributed by atoms with E-state index in [1.807, 2.05) is 31.2 Å². The molecule has 0 aliphatic carbocycles. The Hall–Kier alpha value is -2.12. The Morgan fingerprint density at radius 2 is 1.79 bits per heavy atom. The van der Waals surface area contributed by atoms with E-state index in [-0.39, 0.29) is 28.0 Å². The van der Waals surface area contributed by atoms with Crippen LogP contribution in [0.1, 0.15) is 52.9 Å². The van der Waals surface area contributed by atoms with E-state index in [1.54, 1.807) is 0 Å². The highest BCUT2D eigenvalue weighted by atomic mass is 32.2. The van der Waals surface area contributed by atoms with Gasteiger partial charge in [0.2, 0.25) is 10.0 Å². The molecule has 130 valence electrons. The van der Waals surface area contributed by atoms with Gasteiger partial charge in [-0.25, -0.2) is 13.6 Å². The first kappa shape index (κ1) is 18.2. The summed E-state index contributed by atoms with van der Waals surface area (Å²) in [5.74, 6) is -0.192. The average molecular weight is 350 g/mol. The number of nitrogens with two attached hydrogens (primary N) is 1. The quantitative estimate of drug-likeness (QED) is 0.865. The number of furan rings is 1. The molecule has 0 radical (unpaired) electrons. The molecule has 1 unspecified atom stereocenters. The van der Waals surface area contributed by atoms with Gasteiger partial charge < -0.3 is 9.73 Å². The molecule has 1 aromatic heterocycles. The molecule has 0 saturated heterocycles. The maximum atomic E-state index is 12.6. The number of nitrogens with one attached hydrogen (secondary N) is 1. The van der Waals surface area contributed by atoms with Crippen molar-refractivity contribution in [3.63, 3.8) is 0 Å². The lowest BCUT2D eigenvalue weighted by molar-refractivity contribution is 0.0935. The van der Waals surface area contributed by atoms with Crippen molar-refractivity contribution in [2.45, 2.75) is 45.1 Å². The molecule has 7 heteroatoms. The zero-order valence-electron chi connectivity index (χ0n) is 14.2. The summed E-state index contributed by atoms with van der Waals surface area (Å²) in [4.78, 5) is 12.3. The average Bonchev–Trinajstić information content (AvgIpc) is 2.81. The number of aryl methyl sites for hydroxylation is 3. The fourth-order valence-corrected chi connectivity index (χ4v) is 3.63. The molecule has 2 aromatic rings. The lowest BCUT2D eigenvalue weighted by Crippen LogP contribution is -2.29. The van der Waals surface area contributed by atoms with Crippen LogP contribution < -0.4 is 10.5 Å². The molecule has 0 saturated carbocycles. The van der Waals surface area contributed by atoms with Gasteiger partial charge in [-0.05, 0) is 38.3 Å². The molecule has 3 N–H and O–H groups in total. The Balaban J connectivity index is 2.30. The van der Waals surface area contributed by atoms with Crippen molar-refractivity contribution < 1.29 is 17.6 Å². The van der Waals surface area contributed by atoms with Crippen LogP contribution in [0.4, 0.5) is 0 Å². The molecule has 0 aliphatic heterocycles. The molecule has 1 amide bonds. The van der Waals surface area contributed by atoms with E-state index >= 15 is 0 Å². The topological polar surface area (TPSA) is 102 Å². The fourth-order valence-electron chi connectivity index (χ4n) is 2.66. The molecule has 0 bridgehead atoms. The van der Waals surface area contributed by atoms with Crippen LogP contribution >= 0.6 is 0 Å². The van der Waals surface area contributed by atoms with Gasteiger partial charge in [0, 0.05) is 0 Å². The molecule has 2 rings (SSSR count). The second-order valence-electron chi connectivity index (χ2n) is 5.75. The van der Waals surface area contributed by atoms with Crippen LogP contribution in [-0.4, -0.2) is 14.3 Å². The van der Waals surface area contributed by atoms with E-state index in [4.69, 9.17) is 9.56 Å². The van der Waals surface area contributed by atoms with Crippen LogP contribution in [0.15, 0.2) is 33.6 Å². The van der Waals surface area contributed by atoms with Crippen LogP contribution in [-0.2, 0) is 16.4 Å². The zero-order valence-corrected chi connectivity index (χ0v) is 15.0. The summed E-state index contributed by atoms with van der Waals surface area (Å²) in [5.41, 5.74) is 2.10. The van der Waals surface area contributed by atoms with Crippen LogP contribution in [0.5, 0.6) is 0 Å². The molecule has 0 spiro atoms. The van der Waals surface area contributed by atoms with Crippen molar-refractivity contribution in [1.82, 2.24) is 5.32 Å². The third-order valence-corrected chi connectivity index (χ3v) is 5.01. The second-order valence-corrected chi connectivity index (χ2v) is 7.25. The fraction of sp³-hybridized carbons (Fsp3) is 0.353. The highest BCUT2D eigenvalue weighted by Gasteiger charge is 2.29. The summed E-state index contributed by atoms with van der Waals surface area (Å²) in [5, 5.41) is 8.01. The predicted octanol–water partition coefficient (Wildman–Crippen LogP) is 2.60. The number of carbonyl (C=O) groups is 1. The molecule has 0 aliphatic rings. The van der Waals surface area contributed by atoms with Gasteiger partial charge in [-0.15, -0.1) is 0 Å². The number of rotatable bonds is 5. The van der Waals surface area contributed by atoms with Crippen LogP contribution in [0.3, 0.4) is 0 Å². The van der Waals surface area contributed by atoms with E-state index in [9.17, 15) is 13.2 Å². The van der Waals surface area contributed by atoms with Gasteiger partial charge in [-0.3, -0.25) is 4.79 Å². The summed E-state index contributed by atoms with van der Waals surface area (Å²) >= 11 is 0. The maximum absolute atomic E-state index is 12.6. The molecular formula is C17H22N2O4S. The SMILES string of the molecule is CCc1ccc(C(C)NC(=O)c2c(C)oc(C)c2S(N)(=O)=O)cc1. The van der Waals surface area contributed by atoms with Gasteiger partial charge in [0.05, 0.1) is 6.04 Å². The number of amides is 1. The van der Waals surface area contributed by atoms with Gasteiger partial charge >= 0.3 is 0 Å². The first-order valence-corrected chi connectivity index (χ1v) is 9.22. The molecule has 1 atom stereocenters. The van der Waals surface area contributed by atoms with Gasteiger partial charge in [0.25, 0.3) is 5.91 Å². The van der Waals surface area contributed by atoms with Crippen LogP contribution in [0.2, 0.25) is 0 Å². The second kappa shape index (κ2) is 6.78. The summed E-state index contributed by atoms with van der Waals surface area (Å²) < 4.78 is 28.8. The Bertz CT molecular complexity index is 851. The minimum Gasteiger partial charge on any atom is -0.464 e. The van der Waals surface area contributed by atoms with Gasteiger partial charge in [0.1, 0.15) is 22.0 Å². The number of hydrogen-bond acceptors (Lipinski definition) is 4. The Morgan fingerprint density at radius 3 is 2.29 bits per heavy atom. The molecule has 24 heavy (non-hydrogen) atoms. The minimum absolute atomic E-state index is 0.0352. The Morgan fingerprint density at radius 1 is 1.21 bits per heavy atom. The number of benzene rings is 1. The smallest absolute Gasteiger partial charge is 0.256 e. The van der Waals surface area contributed by atoms with Gasteiger partial charge in [-0.2, -0.15) is 0 Å². The highest BCUT2D eigenvalue weighted by Crippen LogP contribution is 2.26. The number of hydrogen-bond donors (Lipinski definition) is 2. The predicted molar refractivity (Wildman–Crippen MR) is 91.3 cm³/mol. The summed E-state index contributed by atoms with van der Waals surface area (Å²) in [6.07, 6.45) is 0.937. The third kappa shape index (κ3) is 3.68. The summed E-state index contributed by atoms with van der Waals surface area (Å²) in [6, 6.07) is 7.60. The monoisotopic (exact) mass is 350 g/mol. The van der Waals surface area contributed by atoms with Crippen LogP contribution in [0, 0.1) is 13.8 Å². The lowest BCUT2D eigenvalue weighted by Gasteiger charge is -2.15. The minimum atomic E-state index is -4.05. The van der Waals surface area contributed by atoms with E-state index in [0.717, 1.165) is 12.0 Å². The molecule has 1 heterocycles. The largest absolute Gasteiger partial charge is 0.464 e. The lowest BCUT2D eigenvalue weighted by atomic mass is 10.0. The van der Waals surface area contributed by atoms with Crippen molar-refractivity contribution >= 4 is 15.9 Å². The van der Waals surface area contributed by atoms with Crippen molar-refractivity contribution in [2.24, 2.45) is 5.14 Å². The van der Waals surface area contributed by atoms with E-state index in [0.29, 0.717) is 0 Å². The Labute approximate surface area is 142 Å². The first-order chi connectivity index (χ1) is 11.1. The van der Waals surface area contributed by atoms with Crippen molar-refractivity contribution in [2.75, 3.05) is 0 Å². The maximum Gasteiger partial charge on any atom is 0.256 e. The summed E-state index contributed by atoms with van der Waals surface area (Å²) in [7, 11) is -4.05. The van der Waals surface area contributed by atoms with E-state index < -0.39 is 15.9 Å². The molecule has 1 aromatic carbocycles. The third-order valence-electron chi connectivity index (χ3n) is 3.95. The molecule has 6 nitrogen and oxygen atoms in total. The van der Waals surface area contributed by atoms with Gasteiger partial charge in [-0.1, -0.05) is 31.2 Å². The normalized spacial score (nSPS) is 12.9. The van der Waals surface area contributed by atoms with Crippen molar-refractivity contribution in [3.05, 3.63) is 52.5 Å². The van der Waals surface area contributed by atoms with Gasteiger partial charge in [0.15, 0.2) is 0 Å².